The molecule has 0 amide bonds. The first-order chi connectivity index (χ1) is 12.3. The lowest BCUT2D eigenvalue weighted by atomic mass is 10.1. The Morgan fingerprint density at radius 2 is 1.04 bits per heavy atom. The third-order valence-electron chi connectivity index (χ3n) is 3.07. The maximum absolute atomic E-state index is 8.05. The Hall–Kier alpha value is -2.79. The lowest BCUT2D eigenvalue weighted by Gasteiger charge is -1.92. The van der Waals surface area contributed by atoms with Crippen LogP contribution in [0.1, 0.15) is 40.5 Å². The molecule has 0 aliphatic carbocycles. The predicted octanol–water partition coefficient (Wildman–Crippen LogP) is 7.22. The Labute approximate surface area is 152 Å². The number of rotatable bonds is 2. The van der Waals surface area contributed by atoms with Crippen LogP contribution in [0.25, 0.3) is 10.8 Å². The monoisotopic (exact) mass is 335 g/mol. The van der Waals surface area contributed by atoms with Crippen LogP contribution in [0.3, 0.4) is 0 Å². The third-order valence-corrected chi connectivity index (χ3v) is 3.07. The summed E-state index contributed by atoms with van der Waals surface area (Å²) >= 11 is 0. The first kappa shape index (κ1) is 22.2. The van der Waals surface area contributed by atoms with Crippen LogP contribution in [0, 0.1) is 11.5 Å². The van der Waals surface area contributed by atoms with Gasteiger partial charge in [-0.25, -0.2) is 0 Å². The van der Waals surface area contributed by atoms with E-state index in [1.807, 2.05) is 32.0 Å². The minimum Gasteiger partial charge on any atom is -0.388 e. The van der Waals surface area contributed by atoms with Gasteiger partial charge in [-0.15, -0.1) is 5.26 Å². The zero-order valence-corrected chi connectivity index (χ0v) is 15.8. The number of nitrogens with zero attached hydrogens (tertiary/aromatic N) is 1. The molecule has 0 aliphatic rings. The molecular weight excluding hydrogens is 306 g/mol. The van der Waals surface area contributed by atoms with Gasteiger partial charge in [0.05, 0.1) is 0 Å². The molecule has 0 aromatic heterocycles. The Balaban J connectivity index is 0.000000356. The van der Waals surface area contributed by atoms with Gasteiger partial charge in [-0.2, -0.15) is 0 Å². The number of para-hydroxylation sites is 1. The summed E-state index contributed by atoms with van der Waals surface area (Å²) in [4.78, 5) is 0. The molecule has 2 heteroatoms. The summed E-state index contributed by atoms with van der Waals surface area (Å²) in [6, 6.07) is 25.7. The number of fused-ring (bicyclic) bond motifs is 1. The van der Waals surface area contributed by atoms with Gasteiger partial charge in [0.25, 0.3) is 6.26 Å². The van der Waals surface area contributed by atoms with Gasteiger partial charge in [0.15, 0.2) is 0 Å². The average molecular weight is 335 g/mol. The molecule has 0 N–H and O–H groups in total. The number of hydrogen-bond donors (Lipinski definition) is 0. The van der Waals surface area contributed by atoms with E-state index in [0.29, 0.717) is 5.75 Å². The fourth-order valence-corrected chi connectivity index (χ4v) is 1.67. The van der Waals surface area contributed by atoms with Gasteiger partial charge in [-0.05, 0) is 22.9 Å². The summed E-state index contributed by atoms with van der Waals surface area (Å²) in [6.45, 7) is 8.36. The minimum atomic E-state index is 0.583. The average Bonchev–Trinajstić information content (AvgIpc) is 2.71. The van der Waals surface area contributed by atoms with Crippen molar-refractivity contribution in [1.82, 2.24) is 0 Å². The summed E-state index contributed by atoms with van der Waals surface area (Å²) in [5.41, 5.74) is 0. The second-order valence-electron chi connectivity index (χ2n) is 4.85. The smallest absolute Gasteiger partial charge is 0.292 e. The highest BCUT2D eigenvalue weighted by atomic mass is 16.5. The molecule has 132 valence electrons. The number of ether oxygens (including phenoxy) is 1. The van der Waals surface area contributed by atoms with Gasteiger partial charge < -0.3 is 4.74 Å². The Bertz CT molecular complexity index is 634. The van der Waals surface area contributed by atoms with Crippen LogP contribution >= 0.6 is 0 Å². The highest BCUT2D eigenvalue weighted by Gasteiger charge is 1.85. The van der Waals surface area contributed by atoms with Crippen LogP contribution in [0.4, 0.5) is 0 Å². The highest BCUT2D eigenvalue weighted by molar-refractivity contribution is 5.81. The van der Waals surface area contributed by atoms with Crippen LogP contribution in [0.2, 0.25) is 0 Å². The number of unbranched alkanes of at least 4 members (excludes halogenated alkanes) is 1. The molecule has 0 spiro atoms. The molecule has 0 heterocycles. The van der Waals surface area contributed by atoms with Crippen molar-refractivity contribution in [3.63, 3.8) is 0 Å². The zero-order valence-electron chi connectivity index (χ0n) is 15.8. The maximum atomic E-state index is 8.05. The van der Waals surface area contributed by atoms with Crippen LogP contribution in [-0.2, 0) is 0 Å². The van der Waals surface area contributed by atoms with Crippen molar-refractivity contribution >= 4 is 10.8 Å². The van der Waals surface area contributed by atoms with E-state index in [-0.39, 0.29) is 0 Å². The molecule has 0 aliphatic heterocycles. The van der Waals surface area contributed by atoms with Crippen molar-refractivity contribution in [2.75, 3.05) is 0 Å². The molecule has 0 atom stereocenters. The molecule has 3 aromatic rings. The van der Waals surface area contributed by atoms with Crippen LogP contribution in [0.5, 0.6) is 5.75 Å². The summed E-state index contributed by atoms with van der Waals surface area (Å²) in [5.74, 6) is 0.583. The molecule has 0 bridgehead atoms. The fourth-order valence-electron chi connectivity index (χ4n) is 1.67. The van der Waals surface area contributed by atoms with E-state index >= 15 is 0 Å². The van der Waals surface area contributed by atoms with E-state index in [9.17, 15) is 0 Å². The van der Waals surface area contributed by atoms with Crippen molar-refractivity contribution in [3.05, 3.63) is 78.9 Å². The van der Waals surface area contributed by atoms with E-state index in [2.05, 4.69) is 67.1 Å². The number of hydrogen-bond acceptors (Lipinski definition) is 2. The van der Waals surface area contributed by atoms with Gasteiger partial charge in [0.2, 0.25) is 0 Å². The van der Waals surface area contributed by atoms with Crippen molar-refractivity contribution in [3.8, 4) is 12.0 Å². The van der Waals surface area contributed by atoms with Gasteiger partial charge >= 0.3 is 0 Å². The molecule has 2 nitrogen and oxygen atoms in total. The fraction of sp³-hybridized carbons (Fsp3) is 0.261. The molecule has 25 heavy (non-hydrogen) atoms. The molecule has 0 saturated heterocycles. The largest absolute Gasteiger partial charge is 0.388 e. The third kappa shape index (κ3) is 10.6. The van der Waals surface area contributed by atoms with Crippen LogP contribution < -0.4 is 4.74 Å². The van der Waals surface area contributed by atoms with Crippen LogP contribution in [-0.4, -0.2) is 0 Å². The SMILES string of the molecule is CC.CCCC.N#COc1ccccc1.c1ccc2ccccc2c1. The Morgan fingerprint density at radius 3 is 1.36 bits per heavy atom. The highest BCUT2D eigenvalue weighted by Crippen LogP contribution is 2.11. The maximum Gasteiger partial charge on any atom is 0.292 e. The molecule has 0 saturated carbocycles. The van der Waals surface area contributed by atoms with Crippen LogP contribution in [0.15, 0.2) is 78.9 Å². The van der Waals surface area contributed by atoms with Crippen molar-refractivity contribution in [2.24, 2.45) is 0 Å². The lowest BCUT2D eigenvalue weighted by Crippen LogP contribution is -1.78. The summed E-state index contributed by atoms with van der Waals surface area (Å²) in [5, 5.41) is 10.7. The molecule has 3 aromatic carbocycles. The topological polar surface area (TPSA) is 33.0 Å². The minimum absolute atomic E-state index is 0.583. The second kappa shape index (κ2) is 16.1. The van der Waals surface area contributed by atoms with E-state index in [1.54, 1.807) is 18.4 Å². The van der Waals surface area contributed by atoms with Crippen molar-refractivity contribution in [2.45, 2.75) is 40.5 Å². The van der Waals surface area contributed by atoms with E-state index in [0.717, 1.165) is 0 Å². The van der Waals surface area contributed by atoms with Gasteiger partial charge in [-0.1, -0.05) is 107 Å². The second-order valence-corrected chi connectivity index (χ2v) is 4.85. The van der Waals surface area contributed by atoms with E-state index in [4.69, 9.17) is 5.26 Å². The standard InChI is InChI=1S/C10H8.C7H5NO.C4H10.C2H6/c1-2-6-10-8-4-3-7-9(10)5-1;8-6-9-7-4-2-1-3-5-7;1-3-4-2;1-2/h1-8H;1-5H;3-4H2,1-2H3;1-2H3. The first-order valence-electron chi connectivity index (χ1n) is 8.86. The van der Waals surface area contributed by atoms with E-state index < -0.39 is 0 Å². The van der Waals surface area contributed by atoms with Gasteiger partial charge in [0, 0.05) is 0 Å². The predicted molar refractivity (Wildman–Crippen MR) is 109 cm³/mol. The molecular formula is C23H29NO. The molecule has 0 fully saturated rings. The summed E-state index contributed by atoms with van der Waals surface area (Å²) in [6.07, 6.45) is 4.22. The molecule has 0 unspecified atom stereocenters. The quantitative estimate of drug-likeness (QED) is 0.463. The van der Waals surface area contributed by atoms with Crippen molar-refractivity contribution < 1.29 is 4.74 Å². The summed E-state index contributed by atoms with van der Waals surface area (Å²) in [7, 11) is 0. The Kier molecular flexibility index (Phi) is 14.3. The number of benzene rings is 3. The lowest BCUT2D eigenvalue weighted by molar-refractivity contribution is 0.507. The van der Waals surface area contributed by atoms with Gasteiger partial charge in [0.1, 0.15) is 5.75 Å². The van der Waals surface area contributed by atoms with E-state index in [1.165, 1.54) is 23.6 Å². The zero-order chi connectivity index (χ0) is 18.8. The first-order valence-corrected chi connectivity index (χ1v) is 8.86. The number of nitriles is 1. The van der Waals surface area contributed by atoms with Crippen molar-refractivity contribution in [1.29, 1.82) is 5.26 Å². The van der Waals surface area contributed by atoms with Gasteiger partial charge in [-0.3, -0.25) is 0 Å². The summed E-state index contributed by atoms with van der Waals surface area (Å²) < 4.78 is 4.51. The normalized spacial score (nSPS) is 8.28. The molecule has 3 rings (SSSR count). The Morgan fingerprint density at radius 1 is 0.680 bits per heavy atom. The molecule has 0 radical (unpaired) electrons.